The largest absolute Gasteiger partial charge is 0.492 e. The predicted molar refractivity (Wildman–Crippen MR) is 89.8 cm³/mol. The van der Waals surface area contributed by atoms with E-state index in [1.165, 1.54) is 12.0 Å². The second-order valence-electron chi connectivity index (χ2n) is 5.29. The maximum absolute atomic E-state index is 12.6. The number of amides is 2. The van der Waals surface area contributed by atoms with E-state index in [9.17, 15) is 14.4 Å². The predicted octanol–water partition coefficient (Wildman–Crippen LogP) is 1.22. The summed E-state index contributed by atoms with van der Waals surface area (Å²) >= 11 is 3.29. The molecule has 8 heteroatoms. The van der Waals surface area contributed by atoms with Gasteiger partial charge < -0.3 is 20.1 Å². The first-order chi connectivity index (χ1) is 11.5. The molecule has 2 N–H and O–H groups in total. The number of hydrogen-bond acceptors (Lipinski definition) is 5. The minimum Gasteiger partial charge on any atom is -0.492 e. The van der Waals surface area contributed by atoms with Gasteiger partial charge in [0.15, 0.2) is 0 Å². The molecule has 24 heavy (non-hydrogen) atoms. The van der Waals surface area contributed by atoms with Crippen molar-refractivity contribution in [1.82, 2.24) is 4.90 Å². The number of halogens is 1. The van der Waals surface area contributed by atoms with Gasteiger partial charge in [0, 0.05) is 22.9 Å². The number of primary amides is 1. The highest BCUT2D eigenvalue weighted by Gasteiger charge is 2.37. The Morgan fingerprint density at radius 3 is 2.79 bits per heavy atom. The number of rotatable bonds is 8. The normalized spacial score (nSPS) is 14.2. The zero-order chi connectivity index (χ0) is 17.7. The lowest BCUT2D eigenvalue weighted by atomic mass is 10.1. The highest BCUT2D eigenvalue weighted by Crippen LogP contribution is 2.33. The molecular weight excluding hydrogens is 380 g/mol. The van der Waals surface area contributed by atoms with E-state index in [0.29, 0.717) is 23.2 Å². The molecule has 0 aromatic heterocycles. The minimum absolute atomic E-state index is 0.0111. The highest BCUT2D eigenvalue weighted by molar-refractivity contribution is 9.09. The molecule has 1 atom stereocenters. The average Bonchev–Trinajstić information content (AvgIpc) is 2.90. The molecule has 0 saturated heterocycles. The van der Waals surface area contributed by atoms with Gasteiger partial charge in [0.2, 0.25) is 5.91 Å². The van der Waals surface area contributed by atoms with E-state index in [2.05, 4.69) is 20.7 Å². The van der Waals surface area contributed by atoms with Crippen LogP contribution in [0.4, 0.5) is 0 Å². The molecule has 0 bridgehead atoms. The molecule has 1 aliphatic heterocycles. The second-order valence-corrected chi connectivity index (χ2v) is 6.08. The Bertz CT molecular complexity index is 649. The molecule has 0 fully saturated rings. The Morgan fingerprint density at radius 1 is 1.42 bits per heavy atom. The molecule has 0 spiro atoms. The van der Waals surface area contributed by atoms with E-state index in [1.54, 1.807) is 18.2 Å². The zero-order valence-corrected chi connectivity index (χ0v) is 14.9. The summed E-state index contributed by atoms with van der Waals surface area (Å²) in [4.78, 5) is 37.1. The number of methoxy groups -OCH3 is 1. The fourth-order valence-corrected chi connectivity index (χ4v) is 2.83. The molecule has 130 valence electrons. The Kier molecular flexibility index (Phi) is 6.19. The van der Waals surface area contributed by atoms with E-state index < -0.39 is 17.9 Å². The van der Waals surface area contributed by atoms with E-state index in [0.717, 1.165) is 5.56 Å². The van der Waals surface area contributed by atoms with Crippen LogP contribution in [0.2, 0.25) is 0 Å². The molecule has 7 nitrogen and oxygen atoms in total. The van der Waals surface area contributed by atoms with Crippen molar-refractivity contribution in [1.29, 1.82) is 0 Å². The van der Waals surface area contributed by atoms with E-state index in [4.69, 9.17) is 10.5 Å². The van der Waals surface area contributed by atoms with Crippen molar-refractivity contribution in [3.8, 4) is 5.75 Å². The Labute approximate surface area is 148 Å². The number of hydrogen-bond donors (Lipinski definition) is 1. The summed E-state index contributed by atoms with van der Waals surface area (Å²) < 4.78 is 10.2. The summed E-state index contributed by atoms with van der Waals surface area (Å²) in [5, 5.41) is 0.664. The van der Waals surface area contributed by atoms with Crippen molar-refractivity contribution in [2.45, 2.75) is 25.4 Å². The van der Waals surface area contributed by atoms with Gasteiger partial charge >= 0.3 is 5.97 Å². The van der Waals surface area contributed by atoms with Crippen LogP contribution in [0.1, 0.15) is 28.8 Å². The lowest BCUT2D eigenvalue weighted by molar-refractivity contribution is -0.141. The standard InChI is InChI=1S/C16H19BrN2O5/c1-23-14(20)6-5-12(15(18)21)19-9-11-10(16(19)22)3-2-4-13(11)24-8-7-17/h2-4,12H,5-9H2,1H3,(H2,18,21). The molecule has 0 radical (unpaired) electrons. The quantitative estimate of drug-likeness (QED) is 0.524. The fourth-order valence-electron chi connectivity index (χ4n) is 2.67. The van der Waals surface area contributed by atoms with E-state index in [1.807, 2.05) is 0 Å². The number of benzene rings is 1. The number of carbonyl (C=O) groups excluding carboxylic acids is 3. The van der Waals surface area contributed by atoms with Crippen molar-refractivity contribution in [3.05, 3.63) is 29.3 Å². The smallest absolute Gasteiger partial charge is 0.305 e. The van der Waals surface area contributed by atoms with Crippen molar-refractivity contribution < 1.29 is 23.9 Å². The second kappa shape index (κ2) is 8.14. The topological polar surface area (TPSA) is 98.9 Å². The van der Waals surface area contributed by atoms with E-state index >= 15 is 0 Å². The van der Waals surface area contributed by atoms with Crippen LogP contribution in [-0.4, -0.2) is 47.8 Å². The fraction of sp³-hybridized carbons (Fsp3) is 0.438. The number of ether oxygens (including phenoxy) is 2. The molecule has 1 aliphatic rings. The van der Waals surface area contributed by atoms with Crippen LogP contribution >= 0.6 is 15.9 Å². The lowest BCUT2D eigenvalue weighted by Crippen LogP contribution is -2.45. The molecule has 1 aromatic rings. The molecule has 2 rings (SSSR count). The van der Waals surface area contributed by atoms with Gasteiger partial charge in [-0.15, -0.1) is 0 Å². The minimum atomic E-state index is -0.868. The SMILES string of the molecule is COC(=O)CCC(C(N)=O)N1Cc2c(OCCBr)cccc2C1=O. The van der Waals surface area contributed by atoms with Gasteiger partial charge in [-0.1, -0.05) is 22.0 Å². The van der Waals surface area contributed by atoms with Crippen LogP contribution in [0, 0.1) is 0 Å². The average molecular weight is 399 g/mol. The van der Waals surface area contributed by atoms with E-state index in [-0.39, 0.29) is 25.3 Å². The summed E-state index contributed by atoms with van der Waals surface area (Å²) in [7, 11) is 1.27. The van der Waals surface area contributed by atoms with Gasteiger partial charge in [-0.25, -0.2) is 0 Å². The maximum atomic E-state index is 12.6. The summed E-state index contributed by atoms with van der Waals surface area (Å²) in [5.41, 5.74) is 6.66. The first-order valence-corrected chi connectivity index (χ1v) is 8.59. The number of esters is 1. The summed E-state index contributed by atoms with van der Waals surface area (Å²) in [6.45, 7) is 0.688. The first-order valence-electron chi connectivity index (χ1n) is 7.47. The van der Waals surface area contributed by atoms with Gasteiger partial charge in [0.05, 0.1) is 20.3 Å². The van der Waals surface area contributed by atoms with Crippen LogP contribution in [0.15, 0.2) is 18.2 Å². The zero-order valence-electron chi connectivity index (χ0n) is 13.3. The molecule has 0 saturated carbocycles. The van der Waals surface area contributed by atoms with Crippen LogP contribution in [0.3, 0.4) is 0 Å². The molecule has 2 amide bonds. The monoisotopic (exact) mass is 398 g/mol. The van der Waals surface area contributed by atoms with Gasteiger partial charge in [0.25, 0.3) is 5.91 Å². The maximum Gasteiger partial charge on any atom is 0.305 e. The van der Waals surface area contributed by atoms with Crippen molar-refractivity contribution in [3.63, 3.8) is 0 Å². The Morgan fingerprint density at radius 2 is 2.17 bits per heavy atom. The molecular formula is C16H19BrN2O5. The van der Waals surface area contributed by atoms with Gasteiger partial charge in [-0.2, -0.15) is 0 Å². The van der Waals surface area contributed by atoms with Crippen LogP contribution in [-0.2, 0) is 20.9 Å². The van der Waals surface area contributed by atoms with Crippen LogP contribution in [0.5, 0.6) is 5.75 Å². The Balaban J connectivity index is 2.21. The first kappa shape index (κ1) is 18.3. The van der Waals surface area contributed by atoms with Gasteiger partial charge in [0.1, 0.15) is 11.8 Å². The van der Waals surface area contributed by atoms with Gasteiger partial charge in [-0.05, 0) is 18.6 Å². The number of alkyl halides is 1. The van der Waals surface area contributed by atoms with Crippen LogP contribution < -0.4 is 10.5 Å². The van der Waals surface area contributed by atoms with Crippen molar-refractivity contribution in [2.24, 2.45) is 5.73 Å². The number of fused-ring (bicyclic) bond motifs is 1. The summed E-state index contributed by atoms with van der Waals surface area (Å²) in [6, 6.07) is 4.34. The molecule has 1 unspecified atom stereocenters. The molecule has 0 aliphatic carbocycles. The lowest BCUT2D eigenvalue weighted by Gasteiger charge is -2.24. The van der Waals surface area contributed by atoms with Crippen molar-refractivity contribution in [2.75, 3.05) is 19.0 Å². The highest BCUT2D eigenvalue weighted by atomic mass is 79.9. The number of carbonyl (C=O) groups is 3. The summed E-state index contributed by atoms with van der Waals surface area (Å²) in [6.07, 6.45) is 0.135. The molecule has 1 aromatic carbocycles. The number of nitrogens with two attached hydrogens (primary N) is 1. The van der Waals surface area contributed by atoms with Gasteiger partial charge in [-0.3, -0.25) is 14.4 Å². The third kappa shape index (κ3) is 3.87. The number of nitrogens with zero attached hydrogens (tertiary/aromatic N) is 1. The third-order valence-corrected chi connectivity index (χ3v) is 4.17. The van der Waals surface area contributed by atoms with Crippen molar-refractivity contribution >= 4 is 33.7 Å². The molecule has 1 heterocycles. The third-order valence-electron chi connectivity index (χ3n) is 3.84. The van der Waals surface area contributed by atoms with Crippen LogP contribution in [0.25, 0.3) is 0 Å². The Hall–Kier alpha value is -2.09. The summed E-state index contributed by atoms with van der Waals surface area (Å²) in [5.74, 6) is -0.781.